The standard InChI is InChI=1S/C41H26N2O/c1-2-11-33(12-3-1)43-37-15-7-6-13-35(37)36-26-31(23-24-38(36)43)28-17-20-29(21-18-28)41-42-40-34(14-8-16-39(40)44-41)32-22-19-27-9-4-5-10-30(27)25-32/h1-26H. The van der Waals surface area contributed by atoms with Crippen LogP contribution >= 0.6 is 0 Å². The number of fused-ring (bicyclic) bond motifs is 5. The molecule has 0 saturated carbocycles. The van der Waals surface area contributed by atoms with Crippen LogP contribution in [-0.4, -0.2) is 9.55 Å². The molecule has 9 aromatic rings. The van der Waals surface area contributed by atoms with Crippen LogP contribution in [0.3, 0.4) is 0 Å². The largest absolute Gasteiger partial charge is 0.436 e. The first-order chi connectivity index (χ1) is 21.8. The second kappa shape index (κ2) is 9.82. The number of oxazole rings is 1. The second-order valence-electron chi connectivity index (χ2n) is 11.2. The summed E-state index contributed by atoms with van der Waals surface area (Å²) in [5.41, 5.74) is 10.7. The molecule has 0 N–H and O–H groups in total. The molecule has 2 aromatic heterocycles. The van der Waals surface area contributed by atoms with Gasteiger partial charge in [0, 0.05) is 27.6 Å². The van der Waals surface area contributed by atoms with Crippen LogP contribution in [0.25, 0.3) is 83.1 Å². The van der Waals surface area contributed by atoms with Crippen LogP contribution in [0.1, 0.15) is 0 Å². The zero-order valence-corrected chi connectivity index (χ0v) is 23.8. The molecule has 0 unspecified atom stereocenters. The van der Waals surface area contributed by atoms with Crippen molar-refractivity contribution >= 4 is 43.7 Å². The quantitative estimate of drug-likeness (QED) is 0.214. The van der Waals surface area contributed by atoms with Crippen molar-refractivity contribution in [2.24, 2.45) is 0 Å². The zero-order valence-electron chi connectivity index (χ0n) is 23.8. The number of hydrogen-bond acceptors (Lipinski definition) is 2. The van der Waals surface area contributed by atoms with Crippen molar-refractivity contribution in [2.45, 2.75) is 0 Å². The van der Waals surface area contributed by atoms with Gasteiger partial charge >= 0.3 is 0 Å². The summed E-state index contributed by atoms with van der Waals surface area (Å²) in [6, 6.07) is 55.6. The molecule has 0 saturated heterocycles. The Bertz CT molecular complexity index is 2480. The third kappa shape index (κ3) is 3.94. The van der Waals surface area contributed by atoms with Gasteiger partial charge in [-0.1, -0.05) is 103 Å². The zero-order chi connectivity index (χ0) is 29.0. The molecule has 0 spiro atoms. The molecule has 9 rings (SSSR count). The van der Waals surface area contributed by atoms with Gasteiger partial charge in [-0.15, -0.1) is 0 Å². The average Bonchev–Trinajstić information content (AvgIpc) is 3.68. The van der Waals surface area contributed by atoms with Gasteiger partial charge in [0.2, 0.25) is 5.89 Å². The maximum Gasteiger partial charge on any atom is 0.227 e. The minimum atomic E-state index is 0.626. The van der Waals surface area contributed by atoms with Crippen molar-refractivity contribution in [1.82, 2.24) is 9.55 Å². The van der Waals surface area contributed by atoms with E-state index in [9.17, 15) is 0 Å². The number of rotatable bonds is 4. The van der Waals surface area contributed by atoms with Gasteiger partial charge in [-0.25, -0.2) is 4.98 Å². The highest BCUT2D eigenvalue weighted by Crippen LogP contribution is 2.37. The van der Waals surface area contributed by atoms with E-state index in [1.165, 1.54) is 38.1 Å². The molecule has 0 atom stereocenters. The van der Waals surface area contributed by atoms with Crippen molar-refractivity contribution < 1.29 is 4.42 Å². The topological polar surface area (TPSA) is 31.0 Å². The smallest absolute Gasteiger partial charge is 0.227 e. The molecule has 7 aromatic carbocycles. The summed E-state index contributed by atoms with van der Waals surface area (Å²) < 4.78 is 8.63. The Hall–Kier alpha value is -5.93. The van der Waals surface area contributed by atoms with E-state index >= 15 is 0 Å². The minimum Gasteiger partial charge on any atom is -0.436 e. The molecule has 3 nitrogen and oxygen atoms in total. The molecule has 0 bridgehead atoms. The maximum absolute atomic E-state index is 6.29. The summed E-state index contributed by atoms with van der Waals surface area (Å²) in [7, 11) is 0. The highest BCUT2D eigenvalue weighted by atomic mass is 16.3. The summed E-state index contributed by atoms with van der Waals surface area (Å²) in [5.74, 6) is 0.626. The average molecular weight is 563 g/mol. The van der Waals surface area contributed by atoms with E-state index in [2.05, 4.69) is 150 Å². The van der Waals surface area contributed by atoms with Crippen molar-refractivity contribution in [3.8, 4) is 39.4 Å². The highest BCUT2D eigenvalue weighted by molar-refractivity contribution is 6.10. The van der Waals surface area contributed by atoms with Crippen LogP contribution in [0.5, 0.6) is 0 Å². The van der Waals surface area contributed by atoms with Crippen molar-refractivity contribution in [1.29, 1.82) is 0 Å². The SMILES string of the molecule is c1ccc(-n2c3ccccc3c3cc(-c4ccc(-c5nc6c(-c7ccc8ccccc8c7)cccc6o5)cc4)ccc32)cc1. The Labute approximate surface area is 254 Å². The van der Waals surface area contributed by atoms with Crippen LogP contribution in [0, 0.1) is 0 Å². The lowest BCUT2D eigenvalue weighted by Gasteiger charge is -2.08. The second-order valence-corrected chi connectivity index (χ2v) is 11.2. The molecule has 0 fully saturated rings. The highest BCUT2D eigenvalue weighted by Gasteiger charge is 2.15. The Morgan fingerprint density at radius 1 is 0.455 bits per heavy atom. The maximum atomic E-state index is 6.29. The van der Waals surface area contributed by atoms with Crippen LogP contribution in [0.15, 0.2) is 162 Å². The molecular weight excluding hydrogens is 536 g/mol. The monoisotopic (exact) mass is 562 g/mol. The molecule has 44 heavy (non-hydrogen) atoms. The first kappa shape index (κ1) is 24.6. The van der Waals surface area contributed by atoms with E-state index in [0.717, 1.165) is 39.0 Å². The van der Waals surface area contributed by atoms with E-state index in [-0.39, 0.29) is 0 Å². The fraction of sp³-hybridized carbons (Fsp3) is 0. The van der Waals surface area contributed by atoms with E-state index in [1.54, 1.807) is 0 Å². The third-order valence-electron chi connectivity index (χ3n) is 8.63. The van der Waals surface area contributed by atoms with Crippen molar-refractivity contribution in [3.05, 3.63) is 158 Å². The van der Waals surface area contributed by atoms with E-state index < -0.39 is 0 Å². The number of benzene rings is 7. The predicted molar refractivity (Wildman–Crippen MR) is 182 cm³/mol. The van der Waals surface area contributed by atoms with Crippen LogP contribution in [0.2, 0.25) is 0 Å². The van der Waals surface area contributed by atoms with Crippen LogP contribution in [-0.2, 0) is 0 Å². The van der Waals surface area contributed by atoms with Gasteiger partial charge in [0.15, 0.2) is 5.58 Å². The molecular formula is C41H26N2O. The Balaban J connectivity index is 1.09. The summed E-state index contributed by atoms with van der Waals surface area (Å²) in [4.78, 5) is 4.98. The van der Waals surface area contributed by atoms with Crippen LogP contribution < -0.4 is 0 Å². The molecule has 0 aliphatic carbocycles. The molecule has 2 heterocycles. The normalized spacial score (nSPS) is 11.6. The molecule has 0 aliphatic rings. The minimum absolute atomic E-state index is 0.626. The predicted octanol–water partition coefficient (Wildman–Crippen LogP) is 11.1. The number of nitrogens with zero attached hydrogens (tertiary/aromatic N) is 2. The Morgan fingerprint density at radius 2 is 1.16 bits per heavy atom. The Kier molecular flexibility index (Phi) is 5.50. The summed E-state index contributed by atoms with van der Waals surface area (Å²) in [6.45, 7) is 0. The fourth-order valence-electron chi connectivity index (χ4n) is 6.47. The van der Waals surface area contributed by atoms with Gasteiger partial charge < -0.3 is 8.98 Å². The molecule has 0 amide bonds. The van der Waals surface area contributed by atoms with E-state index in [1.807, 2.05) is 12.1 Å². The van der Waals surface area contributed by atoms with Gasteiger partial charge in [-0.2, -0.15) is 0 Å². The van der Waals surface area contributed by atoms with Gasteiger partial charge in [0.25, 0.3) is 0 Å². The molecule has 0 radical (unpaired) electrons. The lowest BCUT2D eigenvalue weighted by molar-refractivity contribution is 0.620. The van der Waals surface area contributed by atoms with Gasteiger partial charge in [0.1, 0.15) is 5.52 Å². The summed E-state index contributed by atoms with van der Waals surface area (Å²) in [5, 5.41) is 4.93. The number of aromatic nitrogens is 2. The third-order valence-corrected chi connectivity index (χ3v) is 8.63. The fourth-order valence-corrected chi connectivity index (χ4v) is 6.47. The van der Waals surface area contributed by atoms with Crippen molar-refractivity contribution in [2.75, 3.05) is 0 Å². The molecule has 3 heteroatoms. The first-order valence-corrected chi connectivity index (χ1v) is 14.9. The lowest BCUT2D eigenvalue weighted by atomic mass is 10.0. The molecule has 0 aliphatic heterocycles. The lowest BCUT2D eigenvalue weighted by Crippen LogP contribution is -1.92. The van der Waals surface area contributed by atoms with Gasteiger partial charge in [-0.3, -0.25) is 0 Å². The van der Waals surface area contributed by atoms with E-state index in [4.69, 9.17) is 9.40 Å². The van der Waals surface area contributed by atoms with Gasteiger partial charge in [0.05, 0.1) is 11.0 Å². The van der Waals surface area contributed by atoms with Crippen LogP contribution in [0.4, 0.5) is 0 Å². The number of para-hydroxylation sites is 3. The first-order valence-electron chi connectivity index (χ1n) is 14.9. The van der Waals surface area contributed by atoms with Crippen molar-refractivity contribution in [3.63, 3.8) is 0 Å². The summed E-state index contributed by atoms with van der Waals surface area (Å²) >= 11 is 0. The number of hydrogen-bond donors (Lipinski definition) is 0. The Morgan fingerprint density at radius 3 is 2.05 bits per heavy atom. The van der Waals surface area contributed by atoms with E-state index in [0.29, 0.717) is 5.89 Å². The van der Waals surface area contributed by atoms with Gasteiger partial charge in [-0.05, 0) is 82.1 Å². The summed E-state index contributed by atoms with van der Waals surface area (Å²) in [6.07, 6.45) is 0. The molecule has 206 valence electrons.